The average Bonchev–Trinajstić information content (AvgIpc) is 3.17. The van der Waals surface area contributed by atoms with Gasteiger partial charge < -0.3 is 15.4 Å². The van der Waals surface area contributed by atoms with E-state index < -0.39 is 12.0 Å². The second kappa shape index (κ2) is 14.1. The van der Waals surface area contributed by atoms with Crippen LogP contribution in [0.3, 0.4) is 0 Å². The molecule has 29 heavy (non-hydrogen) atoms. The molecule has 1 unspecified atom stereocenters. The van der Waals surface area contributed by atoms with Crippen molar-refractivity contribution in [2.45, 2.75) is 83.6 Å². The number of aliphatic carboxylic acids is 1. The molecule has 0 radical (unpaired) electrons. The normalized spacial score (nSPS) is 11.8. The van der Waals surface area contributed by atoms with Gasteiger partial charge in [-0.1, -0.05) is 81.3 Å². The Kier molecular flexibility index (Phi) is 12.2. The van der Waals surface area contributed by atoms with Crippen molar-refractivity contribution in [1.29, 1.82) is 0 Å². The van der Waals surface area contributed by atoms with Gasteiger partial charge in [0, 0.05) is 12.0 Å². The second-order valence-electron chi connectivity index (χ2n) is 7.42. The predicted octanol–water partition coefficient (Wildman–Crippen LogP) is 5.19. The van der Waals surface area contributed by atoms with E-state index >= 15 is 0 Å². The number of unbranched alkanes of at least 4 members (excludes halogenated alkanes) is 7. The molecule has 0 spiro atoms. The molecule has 6 nitrogen and oxygen atoms in total. The molecule has 1 aromatic heterocycles. The maximum absolute atomic E-state index is 10.8. The van der Waals surface area contributed by atoms with E-state index in [0.29, 0.717) is 18.1 Å². The maximum atomic E-state index is 10.8. The van der Waals surface area contributed by atoms with Gasteiger partial charge in [0.15, 0.2) is 0 Å². The first-order chi connectivity index (χ1) is 13.6. The smallest absolute Gasteiger partial charge is 0.320 e. The molecule has 0 fully saturated rings. The van der Waals surface area contributed by atoms with Crippen molar-refractivity contribution in [2.75, 3.05) is 0 Å². The van der Waals surface area contributed by atoms with Gasteiger partial charge in [0.05, 0.1) is 0 Å². The summed E-state index contributed by atoms with van der Waals surface area (Å²) < 4.78 is 5.20. The van der Waals surface area contributed by atoms with Gasteiger partial charge in [0.25, 0.3) is 0 Å². The molecule has 0 bridgehead atoms. The van der Waals surface area contributed by atoms with Gasteiger partial charge in [-0.05, 0) is 24.8 Å². The van der Waals surface area contributed by atoms with Crippen LogP contribution >= 0.6 is 12.4 Å². The lowest BCUT2D eigenvalue weighted by Crippen LogP contribution is -2.30. The Morgan fingerprint density at radius 1 is 1.03 bits per heavy atom. The number of hydrogen-bond donors (Lipinski definition) is 2. The summed E-state index contributed by atoms with van der Waals surface area (Å²) in [5.41, 5.74) is 7.72. The fraction of sp³-hybridized carbons (Fsp3) is 0.591. The lowest BCUT2D eigenvalue weighted by molar-refractivity contribution is -0.138. The summed E-state index contributed by atoms with van der Waals surface area (Å²) in [6.07, 6.45) is 12.4. The van der Waals surface area contributed by atoms with Gasteiger partial charge >= 0.3 is 5.97 Å². The Morgan fingerprint density at radius 3 is 2.28 bits per heavy atom. The number of benzene rings is 1. The summed E-state index contributed by atoms with van der Waals surface area (Å²) in [6, 6.07) is 7.35. The first-order valence-corrected chi connectivity index (χ1v) is 10.5. The van der Waals surface area contributed by atoms with Crippen LogP contribution in [0.5, 0.6) is 0 Å². The number of nitrogens with zero attached hydrogens (tertiary/aromatic N) is 2. The van der Waals surface area contributed by atoms with Crippen LogP contribution in [0.15, 0.2) is 28.8 Å². The molecule has 2 rings (SSSR count). The van der Waals surface area contributed by atoms with Crippen molar-refractivity contribution in [2.24, 2.45) is 5.73 Å². The van der Waals surface area contributed by atoms with Crippen LogP contribution in [0, 0.1) is 0 Å². The van der Waals surface area contributed by atoms with Crippen molar-refractivity contribution in [3.63, 3.8) is 0 Å². The number of rotatable bonds is 14. The van der Waals surface area contributed by atoms with Gasteiger partial charge in [0.2, 0.25) is 11.7 Å². The Hall–Kier alpha value is -1.92. The Balaban J connectivity index is 0.00000420. The van der Waals surface area contributed by atoms with Gasteiger partial charge in [-0.25, -0.2) is 0 Å². The number of hydrogen-bond acceptors (Lipinski definition) is 5. The highest BCUT2D eigenvalue weighted by molar-refractivity contribution is 5.85. The summed E-state index contributed by atoms with van der Waals surface area (Å²) in [4.78, 5) is 15.1. The molecule has 3 N–H and O–H groups in total. The van der Waals surface area contributed by atoms with Crippen molar-refractivity contribution >= 4 is 18.4 Å². The first-order valence-electron chi connectivity index (χ1n) is 10.5. The van der Waals surface area contributed by atoms with Crippen LogP contribution in [0.1, 0.15) is 76.2 Å². The highest BCUT2D eigenvalue weighted by Gasteiger charge is 2.14. The third-order valence-electron chi connectivity index (χ3n) is 4.99. The van der Waals surface area contributed by atoms with Crippen molar-refractivity contribution in [1.82, 2.24) is 10.1 Å². The fourth-order valence-corrected chi connectivity index (χ4v) is 3.16. The molecule has 1 atom stereocenters. The van der Waals surface area contributed by atoms with Crippen LogP contribution in [0.2, 0.25) is 0 Å². The summed E-state index contributed by atoms with van der Waals surface area (Å²) in [5, 5.41) is 12.8. The molecule has 1 aromatic carbocycles. The van der Waals surface area contributed by atoms with E-state index in [2.05, 4.69) is 29.2 Å². The predicted molar refractivity (Wildman–Crippen MR) is 117 cm³/mol. The van der Waals surface area contributed by atoms with Crippen LogP contribution in [-0.2, 0) is 17.6 Å². The minimum absolute atomic E-state index is 0. The van der Waals surface area contributed by atoms with E-state index in [-0.39, 0.29) is 18.8 Å². The van der Waals surface area contributed by atoms with Gasteiger partial charge in [0.1, 0.15) is 6.04 Å². The largest absolute Gasteiger partial charge is 0.480 e. The van der Waals surface area contributed by atoms with Crippen molar-refractivity contribution in [3.8, 4) is 11.4 Å². The molecule has 1 heterocycles. The Labute approximate surface area is 179 Å². The fourth-order valence-electron chi connectivity index (χ4n) is 3.16. The lowest BCUT2D eigenvalue weighted by Gasteiger charge is -2.03. The number of carboxylic acids is 1. The molecular weight excluding hydrogens is 390 g/mol. The standard InChI is InChI=1S/C22H33N3O3.ClH/c1-2-3-4-5-6-7-8-9-10-17-11-13-18(14-12-17)21-24-20(28-25-21)16-15-19(23)22(26)27;/h11-14,19H,2-10,15-16,23H2,1H3,(H,26,27);1H. The first kappa shape index (κ1) is 25.1. The molecule has 162 valence electrons. The Morgan fingerprint density at radius 2 is 1.66 bits per heavy atom. The highest BCUT2D eigenvalue weighted by Crippen LogP contribution is 2.19. The van der Waals surface area contributed by atoms with Crippen LogP contribution in [0.4, 0.5) is 0 Å². The number of aromatic nitrogens is 2. The summed E-state index contributed by atoms with van der Waals surface area (Å²) in [5.74, 6) is -0.0842. The zero-order valence-electron chi connectivity index (χ0n) is 17.3. The maximum Gasteiger partial charge on any atom is 0.320 e. The molecule has 2 aromatic rings. The van der Waals surface area contributed by atoms with E-state index in [1.807, 2.05) is 12.1 Å². The third-order valence-corrected chi connectivity index (χ3v) is 4.99. The molecule has 0 amide bonds. The number of carbonyl (C=O) groups is 1. The zero-order valence-corrected chi connectivity index (χ0v) is 18.1. The summed E-state index contributed by atoms with van der Waals surface area (Å²) >= 11 is 0. The van der Waals surface area contributed by atoms with E-state index in [1.165, 1.54) is 56.9 Å². The number of nitrogens with two attached hydrogens (primary N) is 1. The molecular formula is C22H34ClN3O3. The summed E-state index contributed by atoms with van der Waals surface area (Å²) in [6.45, 7) is 2.25. The molecule has 0 saturated heterocycles. The van der Waals surface area contributed by atoms with Crippen LogP contribution in [0.25, 0.3) is 11.4 Å². The zero-order chi connectivity index (χ0) is 20.2. The molecule has 0 aliphatic rings. The van der Waals surface area contributed by atoms with E-state index in [4.69, 9.17) is 15.4 Å². The quantitative estimate of drug-likeness (QED) is 0.405. The number of halogens is 1. The third kappa shape index (κ3) is 9.41. The molecule has 0 aliphatic heterocycles. The topological polar surface area (TPSA) is 102 Å². The highest BCUT2D eigenvalue weighted by atomic mass is 35.5. The van der Waals surface area contributed by atoms with Crippen LogP contribution < -0.4 is 5.73 Å². The summed E-state index contributed by atoms with van der Waals surface area (Å²) in [7, 11) is 0. The van der Waals surface area contributed by atoms with Crippen LogP contribution in [-0.4, -0.2) is 27.3 Å². The second-order valence-corrected chi connectivity index (χ2v) is 7.42. The van der Waals surface area contributed by atoms with E-state index in [9.17, 15) is 4.79 Å². The molecule has 7 heteroatoms. The molecule has 0 saturated carbocycles. The minimum atomic E-state index is -1.02. The average molecular weight is 424 g/mol. The van der Waals surface area contributed by atoms with Crippen molar-refractivity contribution in [3.05, 3.63) is 35.7 Å². The number of aryl methyl sites for hydroxylation is 2. The SMILES string of the molecule is CCCCCCCCCCc1ccc(-c2noc(CCC(N)C(=O)O)n2)cc1.Cl. The number of carboxylic acid groups (broad SMARTS) is 1. The van der Waals surface area contributed by atoms with E-state index in [0.717, 1.165) is 12.0 Å². The Bertz CT molecular complexity index is 704. The van der Waals surface area contributed by atoms with Gasteiger partial charge in [-0.15, -0.1) is 12.4 Å². The van der Waals surface area contributed by atoms with Crippen molar-refractivity contribution < 1.29 is 14.4 Å². The van der Waals surface area contributed by atoms with E-state index in [1.54, 1.807) is 0 Å². The monoisotopic (exact) mass is 423 g/mol. The lowest BCUT2D eigenvalue weighted by atomic mass is 10.0. The van der Waals surface area contributed by atoms with Gasteiger partial charge in [-0.2, -0.15) is 4.98 Å². The molecule has 0 aliphatic carbocycles. The minimum Gasteiger partial charge on any atom is -0.480 e. The van der Waals surface area contributed by atoms with Gasteiger partial charge in [-0.3, -0.25) is 4.79 Å².